The monoisotopic (exact) mass is 432 g/mol. The molecule has 1 fully saturated rings. The van der Waals surface area contributed by atoms with Gasteiger partial charge in [0, 0.05) is 41.7 Å². The second-order valence-electron chi connectivity index (χ2n) is 7.37. The van der Waals surface area contributed by atoms with Crippen molar-refractivity contribution < 1.29 is 14.3 Å². The summed E-state index contributed by atoms with van der Waals surface area (Å²) in [5.41, 5.74) is 3.36. The van der Waals surface area contributed by atoms with Crippen LogP contribution in [0.3, 0.4) is 0 Å². The Kier molecular flexibility index (Phi) is 6.27. The number of benzene rings is 1. The Bertz CT molecular complexity index is 1150. The standard InChI is InChI=1S/C23H24N6O3/c1-3-22(30)24-18-6-4-5-16(12-18)19-13-17(23(31)29-7-9-32-10-8-29)14-20(25-19)26-21-11-15(2)27-28-21/h3-6,11-14H,1,7-10H2,2H3,(H,24,30)(H2,25,26,27,28). The average molecular weight is 432 g/mol. The van der Waals surface area contributed by atoms with Gasteiger partial charge < -0.3 is 20.3 Å². The number of ether oxygens (including phenoxy) is 1. The SMILES string of the molecule is C=CC(=O)Nc1cccc(-c2cc(C(=O)N3CCOCC3)cc(Nc3cc(C)[nH]n3)n2)c1. The average Bonchev–Trinajstić information content (AvgIpc) is 3.23. The Balaban J connectivity index is 1.71. The minimum absolute atomic E-state index is 0.0886. The highest BCUT2D eigenvalue weighted by Crippen LogP contribution is 2.26. The number of H-pyrrole nitrogens is 1. The lowest BCUT2D eigenvalue weighted by atomic mass is 10.1. The van der Waals surface area contributed by atoms with Crippen LogP contribution in [0.5, 0.6) is 0 Å². The molecule has 0 aliphatic carbocycles. The fraction of sp³-hybridized carbons (Fsp3) is 0.217. The van der Waals surface area contributed by atoms with Gasteiger partial charge in [-0.3, -0.25) is 14.7 Å². The zero-order chi connectivity index (χ0) is 22.5. The molecule has 1 aliphatic heterocycles. The molecule has 164 valence electrons. The molecule has 0 saturated carbocycles. The molecule has 0 spiro atoms. The molecule has 2 aromatic heterocycles. The first-order chi connectivity index (χ1) is 15.5. The molecule has 3 heterocycles. The number of aromatic nitrogens is 3. The molecule has 9 heteroatoms. The number of rotatable bonds is 6. The quantitative estimate of drug-likeness (QED) is 0.516. The van der Waals surface area contributed by atoms with Crippen molar-refractivity contribution in [3.8, 4) is 11.3 Å². The van der Waals surface area contributed by atoms with Crippen LogP contribution in [0, 0.1) is 6.92 Å². The Morgan fingerprint density at radius 1 is 1.16 bits per heavy atom. The topological polar surface area (TPSA) is 112 Å². The minimum atomic E-state index is -0.303. The summed E-state index contributed by atoms with van der Waals surface area (Å²) in [6, 6.07) is 12.6. The van der Waals surface area contributed by atoms with Crippen LogP contribution >= 0.6 is 0 Å². The molecule has 3 N–H and O–H groups in total. The molecule has 32 heavy (non-hydrogen) atoms. The van der Waals surface area contributed by atoms with E-state index in [9.17, 15) is 9.59 Å². The van der Waals surface area contributed by atoms with E-state index in [2.05, 4.69) is 32.4 Å². The lowest BCUT2D eigenvalue weighted by Gasteiger charge is -2.27. The van der Waals surface area contributed by atoms with Crippen molar-refractivity contribution in [1.29, 1.82) is 0 Å². The maximum absolute atomic E-state index is 13.2. The van der Waals surface area contributed by atoms with Crippen LogP contribution in [0.1, 0.15) is 16.1 Å². The third-order valence-corrected chi connectivity index (χ3v) is 4.94. The van der Waals surface area contributed by atoms with Gasteiger partial charge in [-0.05, 0) is 37.3 Å². The second-order valence-corrected chi connectivity index (χ2v) is 7.37. The van der Waals surface area contributed by atoms with Crippen molar-refractivity contribution in [1.82, 2.24) is 20.1 Å². The Morgan fingerprint density at radius 3 is 2.69 bits per heavy atom. The summed E-state index contributed by atoms with van der Waals surface area (Å²) in [4.78, 5) is 31.3. The first-order valence-electron chi connectivity index (χ1n) is 10.2. The zero-order valence-electron chi connectivity index (χ0n) is 17.7. The summed E-state index contributed by atoms with van der Waals surface area (Å²) in [5, 5.41) is 13.0. The second kappa shape index (κ2) is 9.44. The van der Waals surface area contributed by atoms with Crippen molar-refractivity contribution in [2.24, 2.45) is 0 Å². The number of carbonyl (C=O) groups excluding carboxylic acids is 2. The lowest BCUT2D eigenvalue weighted by molar-refractivity contribution is -0.111. The molecule has 2 amide bonds. The molecule has 0 radical (unpaired) electrons. The van der Waals surface area contributed by atoms with E-state index < -0.39 is 0 Å². The third kappa shape index (κ3) is 5.01. The van der Waals surface area contributed by atoms with Crippen LogP contribution in [0.25, 0.3) is 11.3 Å². The Morgan fingerprint density at radius 2 is 1.97 bits per heavy atom. The van der Waals surface area contributed by atoms with Gasteiger partial charge in [-0.25, -0.2) is 4.98 Å². The fourth-order valence-electron chi connectivity index (χ4n) is 3.38. The highest BCUT2D eigenvalue weighted by Gasteiger charge is 2.20. The largest absolute Gasteiger partial charge is 0.378 e. The third-order valence-electron chi connectivity index (χ3n) is 4.94. The number of hydrogen-bond acceptors (Lipinski definition) is 6. The van der Waals surface area contributed by atoms with Crippen molar-refractivity contribution in [3.63, 3.8) is 0 Å². The Labute approximate surface area is 185 Å². The van der Waals surface area contributed by atoms with E-state index in [0.717, 1.165) is 11.3 Å². The molecule has 9 nitrogen and oxygen atoms in total. The van der Waals surface area contributed by atoms with Gasteiger partial charge in [-0.2, -0.15) is 5.10 Å². The number of nitrogens with zero attached hydrogens (tertiary/aromatic N) is 3. The first kappa shape index (κ1) is 21.3. The van der Waals surface area contributed by atoms with E-state index in [-0.39, 0.29) is 11.8 Å². The Hall–Kier alpha value is -3.98. The summed E-state index contributed by atoms with van der Waals surface area (Å²) in [5.74, 6) is 0.701. The predicted octanol–water partition coefficient (Wildman–Crippen LogP) is 3.12. The summed E-state index contributed by atoms with van der Waals surface area (Å²) >= 11 is 0. The van der Waals surface area contributed by atoms with Gasteiger partial charge >= 0.3 is 0 Å². The molecule has 1 aromatic carbocycles. The van der Waals surface area contributed by atoms with Gasteiger partial charge in [-0.15, -0.1) is 0 Å². The van der Waals surface area contributed by atoms with E-state index in [1.807, 2.05) is 25.1 Å². The van der Waals surface area contributed by atoms with Crippen LogP contribution in [-0.2, 0) is 9.53 Å². The number of amides is 2. The summed E-state index contributed by atoms with van der Waals surface area (Å²) in [6.07, 6.45) is 1.21. The number of aryl methyl sites for hydroxylation is 1. The summed E-state index contributed by atoms with van der Waals surface area (Å²) < 4.78 is 5.37. The highest BCUT2D eigenvalue weighted by molar-refractivity contribution is 5.99. The van der Waals surface area contributed by atoms with Crippen LogP contribution in [0.4, 0.5) is 17.3 Å². The molecule has 3 aromatic rings. The van der Waals surface area contributed by atoms with Crippen LogP contribution in [0.15, 0.2) is 55.1 Å². The van der Waals surface area contributed by atoms with Crippen LogP contribution < -0.4 is 10.6 Å². The summed E-state index contributed by atoms with van der Waals surface area (Å²) in [7, 11) is 0. The van der Waals surface area contributed by atoms with Crippen molar-refractivity contribution in [2.75, 3.05) is 36.9 Å². The molecule has 0 unspecified atom stereocenters. The molecular formula is C23H24N6O3. The maximum Gasteiger partial charge on any atom is 0.254 e. The van der Waals surface area contributed by atoms with E-state index >= 15 is 0 Å². The van der Waals surface area contributed by atoms with Gasteiger partial charge in [0.1, 0.15) is 5.82 Å². The molecule has 1 aliphatic rings. The maximum atomic E-state index is 13.2. The van der Waals surface area contributed by atoms with Gasteiger partial charge in [0.15, 0.2) is 5.82 Å². The van der Waals surface area contributed by atoms with E-state index in [1.165, 1.54) is 6.08 Å². The van der Waals surface area contributed by atoms with E-state index in [4.69, 9.17) is 4.74 Å². The number of anilines is 3. The fourth-order valence-corrected chi connectivity index (χ4v) is 3.38. The molecule has 0 bridgehead atoms. The van der Waals surface area contributed by atoms with Gasteiger partial charge in [-0.1, -0.05) is 18.7 Å². The van der Waals surface area contributed by atoms with Crippen molar-refractivity contribution in [2.45, 2.75) is 6.92 Å². The molecule has 4 rings (SSSR count). The number of nitrogens with one attached hydrogen (secondary N) is 3. The smallest absolute Gasteiger partial charge is 0.254 e. The normalized spacial score (nSPS) is 13.5. The summed E-state index contributed by atoms with van der Waals surface area (Å²) in [6.45, 7) is 7.50. The molecule has 1 saturated heterocycles. The first-order valence-corrected chi connectivity index (χ1v) is 10.2. The van der Waals surface area contributed by atoms with Crippen molar-refractivity contribution in [3.05, 3.63) is 66.4 Å². The number of carbonyl (C=O) groups is 2. The van der Waals surface area contributed by atoms with Crippen LogP contribution in [-0.4, -0.2) is 58.2 Å². The van der Waals surface area contributed by atoms with Gasteiger partial charge in [0.05, 0.1) is 18.9 Å². The number of hydrogen-bond donors (Lipinski definition) is 3. The van der Waals surface area contributed by atoms with Gasteiger partial charge in [0.2, 0.25) is 5.91 Å². The molecule has 0 atom stereocenters. The van der Waals surface area contributed by atoms with E-state index in [1.54, 1.807) is 29.2 Å². The highest BCUT2D eigenvalue weighted by atomic mass is 16.5. The van der Waals surface area contributed by atoms with Crippen LogP contribution in [0.2, 0.25) is 0 Å². The van der Waals surface area contributed by atoms with Crippen molar-refractivity contribution >= 4 is 29.1 Å². The van der Waals surface area contributed by atoms with Gasteiger partial charge in [0.25, 0.3) is 5.91 Å². The number of morpholine rings is 1. The zero-order valence-corrected chi connectivity index (χ0v) is 17.7. The molecular weight excluding hydrogens is 408 g/mol. The minimum Gasteiger partial charge on any atom is -0.378 e. The van der Waals surface area contributed by atoms with E-state index in [0.29, 0.717) is 54.9 Å². The number of aromatic amines is 1. The lowest BCUT2D eigenvalue weighted by Crippen LogP contribution is -2.40. The predicted molar refractivity (Wildman–Crippen MR) is 122 cm³/mol. The number of pyridine rings is 1.